The molecule has 2 rings (SSSR count). The summed E-state index contributed by atoms with van der Waals surface area (Å²) in [5.41, 5.74) is 0.944. The topological polar surface area (TPSA) is 78.4 Å². The second kappa shape index (κ2) is 5.40. The summed E-state index contributed by atoms with van der Waals surface area (Å²) in [6.45, 7) is -0.262. The molecule has 0 aliphatic heterocycles. The number of nitrogens with one attached hydrogen (secondary N) is 2. The molecule has 1 aliphatic carbocycles. The average molecular weight is 266 g/mol. The molecule has 1 aliphatic rings. The molecular weight excluding hydrogens is 252 g/mol. The normalized spacial score (nSPS) is 14.7. The highest BCUT2D eigenvalue weighted by Crippen LogP contribution is 2.21. The first-order chi connectivity index (χ1) is 8.61. The van der Waals surface area contributed by atoms with Gasteiger partial charge in [-0.3, -0.25) is 4.72 Å². The number of rotatable bonds is 4. The summed E-state index contributed by atoms with van der Waals surface area (Å²) in [7, 11) is -3.55. The third-order valence-electron chi connectivity index (χ3n) is 2.37. The highest BCUT2D eigenvalue weighted by atomic mass is 32.2. The summed E-state index contributed by atoms with van der Waals surface area (Å²) in [6, 6.07) is 6.86. The fourth-order valence-corrected chi connectivity index (χ4v) is 2.61. The quantitative estimate of drug-likeness (QED) is 0.692. The Morgan fingerprint density at radius 2 is 2.06 bits per heavy atom. The molecule has 96 valence electrons. The fourth-order valence-electron chi connectivity index (χ4n) is 1.41. The van der Waals surface area contributed by atoms with Crippen LogP contribution in [0.1, 0.15) is 18.4 Å². The summed E-state index contributed by atoms with van der Waals surface area (Å²) in [4.78, 5) is 0. The number of para-hydroxylation sites is 1. The van der Waals surface area contributed by atoms with Gasteiger partial charge in [0, 0.05) is 11.6 Å². The van der Waals surface area contributed by atoms with Crippen LogP contribution in [0.2, 0.25) is 0 Å². The van der Waals surface area contributed by atoms with Gasteiger partial charge in [0.2, 0.25) is 0 Å². The number of hydrogen-bond donors (Lipinski definition) is 3. The molecule has 1 saturated carbocycles. The van der Waals surface area contributed by atoms with Crippen LogP contribution in [0.3, 0.4) is 0 Å². The van der Waals surface area contributed by atoms with Crippen LogP contribution >= 0.6 is 0 Å². The van der Waals surface area contributed by atoms with Gasteiger partial charge in [-0.2, -0.15) is 13.1 Å². The zero-order valence-electron chi connectivity index (χ0n) is 9.68. The smallest absolute Gasteiger partial charge is 0.299 e. The zero-order chi connectivity index (χ0) is 13.0. The van der Waals surface area contributed by atoms with E-state index in [2.05, 4.69) is 21.3 Å². The number of aliphatic hydroxyl groups is 1. The van der Waals surface area contributed by atoms with Crippen LogP contribution in [0, 0.1) is 11.8 Å². The molecular formula is C12H14N2O3S. The van der Waals surface area contributed by atoms with Crippen molar-refractivity contribution in [3.05, 3.63) is 29.8 Å². The van der Waals surface area contributed by atoms with Crippen molar-refractivity contribution >= 4 is 15.9 Å². The predicted molar refractivity (Wildman–Crippen MR) is 69.1 cm³/mol. The van der Waals surface area contributed by atoms with Gasteiger partial charge in [-0.05, 0) is 25.0 Å². The Kier molecular flexibility index (Phi) is 3.87. The number of aliphatic hydroxyl groups excluding tert-OH is 1. The standard InChI is InChI=1S/C12H14N2O3S/c15-9-3-5-10-4-1-2-6-12(10)14-18(16,17)13-11-7-8-11/h1-2,4,6,11,13-15H,7-9H2. The molecule has 0 atom stereocenters. The van der Waals surface area contributed by atoms with Gasteiger partial charge in [-0.1, -0.05) is 24.0 Å². The Hall–Kier alpha value is -1.55. The Bertz CT molecular complexity index is 583. The van der Waals surface area contributed by atoms with Crippen molar-refractivity contribution in [1.82, 2.24) is 4.72 Å². The molecule has 1 fully saturated rings. The van der Waals surface area contributed by atoms with Crippen LogP contribution in [0.5, 0.6) is 0 Å². The minimum absolute atomic E-state index is 0.0539. The maximum Gasteiger partial charge on any atom is 0.299 e. The van der Waals surface area contributed by atoms with Crippen molar-refractivity contribution in [1.29, 1.82) is 0 Å². The molecule has 0 bridgehead atoms. The third kappa shape index (κ3) is 3.74. The van der Waals surface area contributed by atoms with E-state index in [1.165, 1.54) is 0 Å². The van der Waals surface area contributed by atoms with Crippen LogP contribution < -0.4 is 9.44 Å². The number of benzene rings is 1. The Morgan fingerprint density at radius 3 is 2.72 bits per heavy atom. The third-order valence-corrected chi connectivity index (χ3v) is 3.50. The van der Waals surface area contributed by atoms with Gasteiger partial charge < -0.3 is 5.11 Å². The number of hydrogen-bond acceptors (Lipinski definition) is 3. The van der Waals surface area contributed by atoms with Gasteiger partial charge in [0.25, 0.3) is 10.2 Å². The first-order valence-electron chi connectivity index (χ1n) is 5.59. The maximum absolute atomic E-state index is 11.8. The molecule has 3 N–H and O–H groups in total. The molecule has 6 heteroatoms. The predicted octanol–water partition coefficient (Wildman–Crippen LogP) is 0.439. The van der Waals surface area contributed by atoms with E-state index in [9.17, 15) is 8.42 Å². The molecule has 18 heavy (non-hydrogen) atoms. The van der Waals surface area contributed by atoms with Crippen LogP contribution in [0.25, 0.3) is 0 Å². The molecule has 0 aromatic heterocycles. The molecule has 0 spiro atoms. The van der Waals surface area contributed by atoms with Gasteiger partial charge in [0.1, 0.15) is 6.61 Å². The van der Waals surface area contributed by atoms with E-state index in [1.807, 2.05) is 0 Å². The summed E-state index contributed by atoms with van der Waals surface area (Å²) >= 11 is 0. The molecule has 1 aromatic rings. The largest absolute Gasteiger partial charge is 0.384 e. The lowest BCUT2D eigenvalue weighted by Crippen LogP contribution is -2.32. The first-order valence-corrected chi connectivity index (χ1v) is 7.08. The van der Waals surface area contributed by atoms with E-state index in [0.717, 1.165) is 12.8 Å². The lowest BCUT2D eigenvalue weighted by Gasteiger charge is -2.09. The van der Waals surface area contributed by atoms with Crippen LogP contribution in [0.4, 0.5) is 5.69 Å². The lowest BCUT2D eigenvalue weighted by atomic mass is 10.2. The Morgan fingerprint density at radius 1 is 1.33 bits per heavy atom. The average Bonchev–Trinajstić information content (AvgIpc) is 3.10. The van der Waals surface area contributed by atoms with E-state index in [4.69, 9.17) is 5.11 Å². The summed E-state index contributed by atoms with van der Waals surface area (Å²) in [6.07, 6.45) is 1.76. The van der Waals surface area contributed by atoms with Crippen molar-refractivity contribution in [3.8, 4) is 11.8 Å². The van der Waals surface area contributed by atoms with Crippen molar-refractivity contribution in [2.75, 3.05) is 11.3 Å². The molecule has 5 nitrogen and oxygen atoms in total. The SMILES string of the molecule is O=S(=O)(Nc1ccccc1C#CCO)NC1CC1. The molecule has 0 radical (unpaired) electrons. The van der Waals surface area contributed by atoms with E-state index in [-0.39, 0.29) is 12.6 Å². The summed E-state index contributed by atoms with van der Waals surface area (Å²) < 4.78 is 28.5. The summed E-state index contributed by atoms with van der Waals surface area (Å²) in [5, 5.41) is 8.65. The van der Waals surface area contributed by atoms with Crippen LogP contribution in [0.15, 0.2) is 24.3 Å². The van der Waals surface area contributed by atoms with E-state index in [1.54, 1.807) is 24.3 Å². The molecule has 0 unspecified atom stereocenters. The van der Waals surface area contributed by atoms with Gasteiger partial charge in [-0.25, -0.2) is 0 Å². The second-order valence-corrected chi connectivity index (χ2v) is 5.45. The first kappa shape index (κ1) is 12.9. The van der Waals surface area contributed by atoms with Crippen LogP contribution in [-0.4, -0.2) is 26.2 Å². The van der Waals surface area contributed by atoms with E-state index < -0.39 is 10.2 Å². The van der Waals surface area contributed by atoms with Gasteiger partial charge in [-0.15, -0.1) is 0 Å². The van der Waals surface area contributed by atoms with Crippen molar-refractivity contribution < 1.29 is 13.5 Å². The Labute approximate surface area is 106 Å². The number of anilines is 1. The molecule has 0 saturated heterocycles. The minimum Gasteiger partial charge on any atom is -0.384 e. The second-order valence-electron chi connectivity index (χ2n) is 4.00. The highest BCUT2D eigenvalue weighted by molar-refractivity contribution is 7.90. The van der Waals surface area contributed by atoms with Gasteiger partial charge in [0.05, 0.1) is 5.69 Å². The fraction of sp³-hybridized carbons (Fsp3) is 0.333. The van der Waals surface area contributed by atoms with E-state index in [0.29, 0.717) is 11.3 Å². The zero-order valence-corrected chi connectivity index (χ0v) is 10.5. The van der Waals surface area contributed by atoms with Crippen molar-refractivity contribution in [2.24, 2.45) is 0 Å². The summed E-state index contributed by atoms with van der Waals surface area (Å²) in [5.74, 6) is 5.19. The molecule has 1 aromatic carbocycles. The van der Waals surface area contributed by atoms with Crippen molar-refractivity contribution in [3.63, 3.8) is 0 Å². The van der Waals surface area contributed by atoms with Crippen molar-refractivity contribution in [2.45, 2.75) is 18.9 Å². The lowest BCUT2D eigenvalue weighted by molar-refractivity contribution is 0.350. The van der Waals surface area contributed by atoms with Crippen LogP contribution in [-0.2, 0) is 10.2 Å². The Balaban J connectivity index is 2.17. The molecule has 0 amide bonds. The molecule has 0 heterocycles. The monoisotopic (exact) mass is 266 g/mol. The minimum atomic E-state index is -3.55. The maximum atomic E-state index is 11.8. The highest BCUT2D eigenvalue weighted by Gasteiger charge is 2.27. The van der Waals surface area contributed by atoms with Gasteiger partial charge in [0.15, 0.2) is 0 Å². The van der Waals surface area contributed by atoms with E-state index >= 15 is 0 Å². The van der Waals surface area contributed by atoms with Gasteiger partial charge >= 0.3 is 0 Å².